The number of hydrogen-bond donors (Lipinski definition) is 1. The van der Waals surface area contributed by atoms with Crippen LogP contribution in [0.2, 0.25) is 0 Å². The lowest BCUT2D eigenvalue weighted by atomic mass is 10.1. The van der Waals surface area contributed by atoms with Crippen LogP contribution in [0.25, 0.3) is 0 Å². The van der Waals surface area contributed by atoms with E-state index < -0.39 is 12.0 Å². The number of anilines is 2. The van der Waals surface area contributed by atoms with Crippen LogP contribution in [0, 0.1) is 0 Å². The van der Waals surface area contributed by atoms with Gasteiger partial charge in [-0.05, 0) is 43.3 Å². The number of para-hydroxylation sites is 2. The highest BCUT2D eigenvalue weighted by Crippen LogP contribution is 2.29. The molecule has 0 unspecified atom stereocenters. The predicted octanol–water partition coefficient (Wildman–Crippen LogP) is 1.94. The Morgan fingerprint density at radius 1 is 1.00 bits per heavy atom. The minimum atomic E-state index is -1.16. The van der Waals surface area contributed by atoms with Gasteiger partial charge < -0.3 is 19.9 Å². The van der Waals surface area contributed by atoms with Crippen LogP contribution in [0.5, 0.6) is 5.75 Å². The highest BCUT2D eigenvalue weighted by Gasteiger charge is 2.37. The molecule has 2 aliphatic heterocycles. The van der Waals surface area contributed by atoms with E-state index in [1.54, 1.807) is 36.1 Å². The maximum absolute atomic E-state index is 12.8. The lowest BCUT2D eigenvalue weighted by Crippen LogP contribution is -2.55. The van der Waals surface area contributed by atoms with Gasteiger partial charge in [0.15, 0.2) is 5.78 Å². The van der Waals surface area contributed by atoms with Crippen LogP contribution in [-0.2, 0) is 9.59 Å². The molecule has 7 heteroatoms. The average molecular weight is 379 g/mol. The minimum absolute atomic E-state index is 0.0364. The molecular weight excluding hydrogens is 358 g/mol. The molecule has 1 saturated heterocycles. The van der Waals surface area contributed by atoms with Gasteiger partial charge in [0.05, 0.1) is 5.69 Å². The molecular formula is C21H21N3O4. The van der Waals surface area contributed by atoms with Crippen LogP contribution in [0.4, 0.5) is 11.4 Å². The molecule has 2 aromatic rings. The Hall–Kier alpha value is -3.35. The topological polar surface area (TPSA) is 79.0 Å². The van der Waals surface area contributed by atoms with E-state index in [1.165, 1.54) is 0 Å². The Morgan fingerprint density at radius 3 is 2.36 bits per heavy atom. The van der Waals surface area contributed by atoms with Crippen molar-refractivity contribution < 1.29 is 19.1 Å². The van der Waals surface area contributed by atoms with E-state index in [4.69, 9.17) is 4.74 Å². The van der Waals surface area contributed by atoms with E-state index in [0.29, 0.717) is 43.2 Å². The van der Waals surface area contributed by atoms with Crippen LogP contribution >= 0.6 is 0 Å². The first-order valence-electron chi connectivity index (χ1n) is 9.24. The van der Waals surface area contributed by atoms with Gasteiger partial charge in [0.25, 0.3) is 17.9 Å². The summed E-state index contributed by atoms with van der Waals surface area (Å²) in [6.45, 7) is 3.84. The van der Waals surface area contributed by atoms with Gasteiger partial charge in [-0.1, -0.05) is 12.1 Å². The summed E-state index contributed by atoms with van der Waals surface area (Å²) in [7, 11) is 0. The van der Waals surface area contributed by atoms with Gasteiger partial charge in [-0.3, -0.25) is 14.4 Å². The number of rotatable bonds is 3. The number of benzene rings is 2. The average Bonchev–Trinajstić information content (AvgIpc) is 2.73. The molecule has 0 radical (unpaired) electrons. The van der Waals surface area contributed by atoms with Crippen LogP contribution < -0.4 is 15.0 Å². The number of nitrogens with one attached hydrogen (secondary N) is 1. The van der Waals surface area contributed by atoms with Crippen LogP contribution in [0.3, 0.4) is 0 Å². The highest BCUT2D eigenvalue weighted by molar-refractivity contribution is 6.11. The van der Waals surface area contributed by atoms with Gasteiger partial charge in [-0.2, -0.15) is 0 Å². The molecule has 2 aromatic carbocycles. The summed E-state index contributed by atoms with van der Waals surface area (Å²) >= 11 is 0. The van der Waals surface area contributed by atoms with Gasteiger partial charge >= 0.3 is 0 Å². The smallest absolute Gasteiger partial charge is 0.275 e. The number of hydrogen-bond acceptors (Lipinski definition) is 5. The number of carbonyl (C=O) groups excluding carboxylic acids is 3. The fraction of sp³-hybridized carbons (Fsp3) is 0.286. The lowest BCUT2D eigenvalue weighted by molar-refractivity contribution is -0.145. The van der Waals surface area contributed by atoms with E-state index in [9.17, 15) is 14.4 Å². The fourth-order valence-electron chi connectivity index (χ4n) is 3.47. The van der Waals surface area contributed by atoms with Gasteiger partial charge in [0, 0.05) is 37.4 Å². The second-order valence-electron chi connectivity index (χ2n) is 6.90. The Balaban J connectivity index is 1.39. The summed E-state index contributed by atoms with van der Waals surface area (Å²) in [4.78, 5) is 40.3. The first kappa shape index (κ1) is 18.0. The normalized spacial score (nSPS) is 18.8. The maximum Gasteiger partial charge on any atom is 0.275 e. The Bertz CT molecular complexity index is 918. The number of nitrogens with zero attached hydrogens (tertiary/aromatic N) is 2. The molecule has 1 fully saturated rings. The summed E-state index contributed by atoms with van der Waals surface area (Å²) in [6.07, 6.45) is -1.16. The van der Waals surface area contributed by atoms with Gasteiger partial charge in [0.2, 0.25) is 0 Å². The van der Waals surface area contributed by atoms with E-state index in [1.807, 2.05) is 24.3 Å². The monoisotopic (exact) mass is 379 g/mol. The predicted molar refractivity (Wildman–Crippen MR) is 105 cm³/mol. The molecule has 7 nitrogen and oxygen atoms in total. The number of fused-ring (bicyclic) bond motifs is 1. The number of carbonyl (C=O) groups is 3. The van der Waals surface area contributed by atoms with Crippen LogP contribution in [-0.4, -0.2) is 54.8 Å². The second-order valence-corrected chi connectivity index (χ2v) is 6.90. The largest absolute Gasteiger partial charge is 0.468 e. The number of ketones is 1. The second kappa shape index (κ2) is 7.34. The Labute approximate surface area is 162 Å². The SMILES string of the molecule is CC(=O)c1ccc(N2CCN(C(=O)[C@@H]3Oc4ccccc4NC3=O)CC2)cc1. The molecule has 2 aliphatic rings. The van der Waals surface area contributed by atoms with Crippen molar-refractivity contribution >= 4 is 29.0 Å². The third kappa shape index (κ3) is 3.43. The van der Waals surface area contributed by atoms with Crippen molar-refractivity contribution in [2.24, 2.45) is 0 Å². The zero-order chi connectivity index (χ0) is 19.7. The number of amides is 2. The number of Topliss-reactive ketones (excluding diaryl/α,β-unsaturated/α-hetero) is 1. The minimum Gasteiger partial charge on any atom is -0.468 e. The maximum atomic E-state index is 12.8. The number of ether oxygens (including phenoxy) is 1. The Morgan fingerprint density at radius 2 is 1.68 bits per heavy atom. The van der Waals surface area contributed by atoms with Crippen molar-refractivity contribution in [1.82, 2.24) is 4.90 Å². The quantitative estimate of drug-likeness (QED) is 0.651. The molecule has 4 rings (SSSR count). The highest BCUT2D eigenvalue weighted by atomic mass is 16.5. The van der Waals surface area contributed by atoms with E-state index >= 15 is 0 Å². The van der Waals surface area contributed by atoms with Gasteiger partial charge in [-0.25, -0.2) is 0 Å². The number of piperazine rings is 1. The summed E-state index contributed by atoms with van der Waals surface area (Å²) in [5.74, 6) is -0.219. The van der Waals surface area contributed by atoms with Crippen molar-refractivity contribution in [3.63, 3.8) is 0 Å². The standard InChI is InChI=1S/C21H21N3O4/c1-14(25)15-6-8-16(9-7-15)23-10-12-24(13-11-23)21(27)19-20(26)22-17-4-2-3-5-18(17)28-19/h2-9,19H,10-13H2,1H3,(H,22,26)/t19-/m1/s1. The van der Waals surface area contributed by atoms with E-state index in [0.717, 1.165) is 5.69 Å². The van der Waals surface area contributed by atoms with E-state index in [2.05, 4.69) is 10.2 Å². The first-order chi connectivity index (χ1) is 13.5. The van der Waals surface area contributed by atoms with Gasteiger partial charge in [-0.15, -0.1) is 0 Å². The summed E-state index contributed by atoms with van der Waals surface area (Å²) in [5, 5.41) is 2.73. The first-order valence-corrected chi connectivity index (χ1v) is 9.24. The van der Waals surface area contributed by atoms with Crippen molar-refractivity contribution in [3.8, 4) is 5.75 Å². The molecule has 0 saturated carbocycles. The zero-order valence-electron chi connectivity index (χ0n) is 15.6. The lowest BCUT2D eigenvalue weighted by Gasteiger charge is -2.38. The molecule has 144 valence electrons. The molecule has 2 amide bonds. The zero-order valence-corrected chi connectivity index (χ0v) is 15.6. The summed E-state index contributed by atoms with van der Waals surface area (Å²) < 4.78 is 5.66. The molecule has 0 bridgehead atoms. The van der Waals surface area contributed by atoms with Crippen LogP contribution in [0.15, 0.2) is 48.5 Å². The molecule has 0 aliphatic carbocycles. The molecule has 0 aromatic heterocycles. The molecule has 0 spiro atoms. The Kier molecular flexibility index (Phi) is 4.73. The van der Waals surface area contributed by atoms with Crippen molar-refractivity contribution in [2.45, 2.75) is 13.0 Å². The third-order valence-corrected chi connectivity index (χ3v) is 5.08. The fourth-order valence-corrected chi connectivity index (χ4v) is 3.47. The third-order valence-electron chi connectivity index (χ3n) is 5.08. The van der Waals surface area contributed by atoms with Crippen molar-refractivity contribution in [3.05, 3.63) is 54.1 Å². The summed E-state index contributed by atoms with van der Waals surface area (Å²) in [5.41, 5.74) is 2.27. The molecule has 28 heavy (non-hydrogen) atoms. The molecule has 1 N–H and O–H groups in total. The van der Waals surface area contributed by atoms with E-state index in [-0.39, 0.29) is 11.7 Å². The molecule has 1 atom stereocenters. The van der Waals surface area contributed by atoms with Gasteiger partial charge in [0.1, 0.15) is 5.75 Å². The van der Waals surface area contributed by atoms with Crippen molar-refractivity contribution in [2.75, 3.05) is 36.4 Å². The molecule has 2 heterocycles. The summed E-state index contributed by atoms with van der Waals surface area (Å²) in [6, 6.07) is 14.5. The van der Waals surface area contributed by atoms with Crippen molar-refractivity contribution in [1.29, 1.82) is 0 Å². The van der Waals surface area contributed by atoms with Crippen LogP contribution in [0.1, 0.15) is 17.3 Å².